The summed E-state index contributed by atoms with van der Waals surface area (Å²) in [5.74, 6) is -1.21. The van der Waals surface area contributed by atoms with Gasteiger partial charge in [0.1, 0.15) is 13.2 Å². The number of carbonyl (C=O) groups excluding carboxylic acids is 2. The van der Waals surface area contributed by atoms with E-state index in [9.17, 15) is 24.4 Å². The van der Waals surface area contributed by atoms with Crippen molar-refractivity contribution in [3.63, 3.8) is 0 Å². The summed E-state index contributed by atoms with van der Waals surface area (Å²) in [5.41, 5.74) is 1.02. The predicted molar refractivity (Wildman–Crippen MR) is 123 cm³/mol. The summed E-state index contributed by atoms with van der Waals surface area (Å²) in [6, 6.07) is 7.53. The molecule has 34 heavy (non-hydrogen) atoms. The van der Waals surface area contributed by atoms with E-state index in [1.807, 2.05) is 5.48 Å². The summed E-state index contributed by atoms with van der Waals surface area (Å²) >= 11 is 0. The van der Waals surface area contributed by atoms with Crippen LogP contribution in [0.4, 0.5) is 5.69 Å². The molecule has 0 amide bonds. The van der Waals surface area contributed by atoms with Gasteiger partial charge in [-0.3, -0.25) is 30.3 Å². The van der Waals surface area contributed by atoms with Crippen LogP contribution in [0.25, 0.3) is 10.8 Å². The lowest BCUT2D eigenvalue weighted by Crippen LogP contribution is -2.30. The van der Waals surface area contributed by atoms with E-state index in [4.69, 9.17) is 9.47 Å². The van der Waals surface area contributed by atoms with Gasteiger partial charge in [0.2, 0.25) is 0 Å². The SMILES string of the molecule is C=CC(=O)OCCN=c1ccc(=NCCOC(=O)C=C)c2c(=O)c3c(NO)cccc3c(=O)c1=2. The number of carbonyl (C=O) groups is 2. The molecule has 2 aliphatic carbocycles. The van der Waals surface area contributed by atoms with Crippen LogP contribution in [0.1, 0.15) is 0 Å². The van der Waals surface area contributed by atoms with Gasteiger partial charge in [0, 0.05) is 17.5 Å². The van der Waals surface area contributed by atoms with Gasteiger partial charge in [0.25, 0.3) is 0 Å². The van der Waals surface area contributed by atoms with Crippen molar-refractivity contribution in [3.05, 3.63) is 97.2 Å². The normalized spacial score (nSPS) is 12.0. The molecule has 10 nitrogen and oxygen atoms in total. The number of esters is 2. The number of hydrogen-bond acceptors (Lipinski definition) is 10. The van der Waals surface area contributed by atoms with Crippen LogP contribution >= 0.6 is 0 Å². The maximum absolute atomic E-state index is 13.5. The Morgan fingerprint density at radius 1 is 0.882 bits per heavy atom. The van der Waals surface area contributed by atoms with Crippen molar-refractivity contribution in [3.8, 4) is 0 Å². The summed E-state index contributed by atoms with van der Waals surface area (Å²) in [5, 5.41) is 10.1. The second kappa shape index (κ2) is 10.9. The number of rotatable bonds is 9. The fourth-order valence-electron chi connectivity index (χ4n) is 3.39. The maximum atomic E-state index is 13.5. The molecule has 0 saturated carbocycles. The standard InChI is InChI=1S/C24H21N3O7/c1-3-18(28)33-12-10-25-15-8-9-16(26-11-13-34-19(29)4-2)22-21(15)23(30)14-6-5-7-17(27-32)20(14)24(22)31/h3-9,27,32H,1-2,10-13H2. The van der Waals surface area contributed by atoms with E-state index < -0.39 is 22.8 Å². The molecule has 0 unspecified atom stereocenters. The molecular formula is C24H21N3O7. The molecule has 174 valence electrons. The Kier molecular flexibility index (Phi) is 7.78. The first-order valence-electron chi connectivity index (χ1n) is 10.2. The molecule has 2 aliphatic rings. The molecule has 0 bridgehead atoms. The highest BCUT2D eigenvalue weighted by atomic mass is 16.5. The molecule has 1 aromatic carbocycles. The van der Waals surface area contributed by atoms with Crippen LogP contribution in [-0.4, -0.2) is 43.4 Å². The van der Waals surface area contributed by atoms with Crippen molar-refractivity contribution < 1.29 is 24.3 Å². The van der Waals surface area contributed by atoms with Crippen molar-refractivity contribution >= 4 is 28.4 Å². The lowest BCUT2D eigenvalue weighted by atomic mass is 10.0. The Labute approximate surface area is 192 Å². The lowest BCUT2D eigenvalue weighted by Gasteiger charge is -2.05. The van der Waals surface area contributed by atoms with Crippen molar-refractivity contribution in [1.29, 1.82) is 0 Å². The quantitative estimate of drug-likeness (QED) is 0.199. The van der Waals surface area contributed by atoms with Crippen LogP contribution in [0.2, 0.25) is 0 Å². The molecule has 2 N–H and O–H groups in total. The molecule has 0 aliphatic heterocycles. The Morgan fingerprint density at radius 2 is 1.41 bits per heavy atom. The highest BCUT2D eigenvalue weighted by molar-refractivity contribution is 5.93. The monoisotopic (exact) mass is 463 g/mol. The molecular weight excluding hydrogens is 442 g/mol. The fourth-order valence-corrected chi connectivity index (χ4v) is 3.39. The minimum atomic E-state index is -0.609. The largest absolute Gasteiger partial charge is 0.461 e. The summed E-state index contributed by atoms with van der Waals surface area (Å²) in [6.07, 6.45) is 2.05. The second-order valence-corrected chi connectivity index (χ2v) is 6.86. The molecule has 0 radical (unpaired) electrons. The van der Waals surface area contributed by atoms with E-state index in [0.29, 0.717) is 0 Å². The summed E-state index contributed by atoms with van der Waals surface area (Å²) in [6.45, 7) is 6.61. The number of nitrogens with zero attached hydrogens (tertiary/aromatic N) is 2. The van der Waals surface area contributed by atoms with Gasteiger partial charge in [-0.1, -0.05) is 25.3 Å². The summed E-state index contributed by atoms with van der Waals surface area (Å²) in [4.78, 5) is 58.0. The predicted octanol–water partition coefficient (Wildman–Crippen LogP) is 0.221. The number of nitrogens with one attached hydrogen (secondary N) is 1. The Hall–Kier alpha value is -4.44. The van der Waals surface area contributed by atoms with Crippen LogP contribution in [0, 0.1) is 10.4 Å². The Morgan fingerprint density at radius 3 is 1.91 bits per heavy atom. The highest BCUT2D eigenvalue weighted by Crippen LogP contribution is 2.16. The lowest BCUT2D eigenvalue weighted by molar-refractivity contribution is -0.138. The third kappa shape index (κ3) is 4.97. The van der Waals surface area contributed by atoms with Gasteiger partial charge in [0.05, 0.1) is 45.3 Å². The van der Waals surface area contributed by atoms with Crippen molar-refractivity contribution in [2.24, 2.45) is 9.98 Å². The van der Waals surface area contributed by atoms with E-state index in [1.54, 1.807) is 0 Å². The summed E-state index contributed by atoms with van der Waals surface area (Å²) in [7, 11) is 0. The van der Waals surface area contributed by atoms with Crippen LogP contribution in [0.5, 0.6) is 0 Å². The van der Waals surface area contributed by atoms with Crippen LogP contribution < -0.4 is 27.1 Å². The third-order valence-electron chi connectivity index (χ3n) is 4.84. The van der Waals surface area contributed by atoms with Gasteiger partial charge in [-0.25, -0.2) is 9.59 Å². The van der Waals surface area contributed by atoms with Crippen LogP contribution in [0.3, 0.4) is 0 Å². The highest BCUT2D eigenvalue weighted by Gasteiger charge is 2.14. The van der Waals surface area contributed by atoms with E-state index in [2.05, 4.69) is 23.1 Å². The number of fused-ring (bicyclic) bond motifs is 1. The van der Waals surface area contributed by atoms with Gasteiger partial charge in [-0.05, 0) is 18.2 Å². The molecule has 1 aromatic rings. The molecule has 0 heterocycles. The van der Waals surface area contributed by atoms with Gasteiger partial charge in [-0.2, -0.15) is 0 Å². The van der Waals surface area contributed by atoms with Gasteiger partial charge < -0.3 is 9.47 Å². The molecule has 0 spiro atoms. The Balaban J connectivity index is 2.28. The van der Waals surface area contributed by atoms with Crippen LogP contribution in [0.15, 0.2) is 75.2 Å². The zero-order valence-corrected chi connectivity index (χ0v) is 18.1. The smallest absolute Gasteiger partial charge is 0.330 e. The van der Waals surface area contributed by atoms with E-state index in [0.717, 1.165) is 12.2 Å². The fraction of sp³-hybridized carbons (Fsp3) is 0.167. The molecule has 0 saturated heterocycles. The van der Waals surface area contributed by atoms with E-state index in [1.165, 1.54) is 30.3 Å². The third-order valence-corrected chi connectivity index (χ3v) is 4.84. The topological polar surface area (TPSA) is 144 Å². The average molecular weight is 463 g/mol. The zero-order chi connectivity index (χ0) is 24.7. The molecule has 0 atom stereocenters. The second-order valence-electron chi connectivity index (χ2n) is 6.86. The van der Waals surface area contributed by atoms with Crippen molar-refractivity contribution in [2.45, 2.75) is 0 Å². The minimum Gasteiger partial charge on any atom is -0.461 e. The first kappa shape index (κ1) is 24.2. The van der Waals surface area contributed by atoms with Crippen molar-refractivity contribution in [1.82, 2.24) is 0 Å². The van der Waals surface area contributed by atoms with E-state index >= 15 is 0 Å². The van der Waals surface area contributed by atoms with E-state index in [-0.39, 0.29) is 63.9 Å². The number of benzene rings is 1. The minimum absolute atomic E-state index is 0.00842. The summed E-state index contributed by atoms with van der Waals surface area (Å²) < 4.78 is 9.81. The maximum Gasteiger partial charge on any atom is 0.330 e. The van der Waals surface area contributed by atoms with Gasteiger partial charge in [0.15, 0.2) is 10.9 Å². The molecule has 3 rings (SSSR count). The van der Waals surface area contributed by atoms with Crippen LogP contribution in [-0.2, 0) is 19.1 Å². The zero-order valence-electron chi connectivity index (χ0n) is 18.1. The average Bonchev–Trinajstić information content (AvgIpc) is 2.86. The molecule has 10 heteroatoms. The molecule has 0 aromatic heterocycles. The Bertz CT molecular complexity index is 1570. The van der Waals surface area contributed by atoms with Gasteiger partial charge >= 0.3 is 11.9 Å². The first-order chi connectivity index (χ1) is 16.4. The number of anilines is 1. The number of hydrogen-bond donors (Lipinski definition) is 2. The number of ether oxygens (including phenoxy) is 2. The van der Waals surface area contributed by atoms with Crippen molar-refractivity contribution in [2.75, 3.05) is 31.8 Å². The molecule has 0 fully saturated rings. The first-order valence-corrected chi connectivity index (χ1v) is 10.2. The van der Waals surface area contributed by atoms with Gasteiger partial charge in [-0.15, -0.1) is 0 Å².